The topological polar surface area (TPSA) is 88.1 Å². The summed E-state index contributed by atoms with van der Waals surface area (Å²) < 4.78 is 12.3. The number of nitrogen functional groups attached to an aromatic ring is 1. The molecule has 4 rings (SSSR count). The number of aryl methyl sites for hydroxylation is 2. The lowest BCUT2D eigenvalue weighted by molar-refractivity contribution is 0.174. The summed E-state index contributed by atoms with van der Waals surface area (Å²) >= 11 is 0. The SMILES string of the molecule is Cc1cc(-c2ccc3c(c2)OCO3)nc(-n2nc(C)cc2N)n1. The summed E-state index contributed by atoms with van der Waals surface area (Å²) in [6.07, 6.45) is 0. The predicted molar refractivity (Wildman–Crippen MR) is 84.6 cm³/mol. The number of benzene rings is 1. The molecule has 0 radical (unpaired) electrons. The van der Waals surface area contributed by atoms with Crippen LogP contribution in [-0.2, 0) is 0 Å². The van der Waals surface area contributed by atoms with Crippen molar-refractivity contribution in [3.05, 3.63) is 41.7 Å². The van der Waals surface area contributed by atoms with Crippen molar-refractivity contribution < 1.29 is 9.47 Å². The molecule has 0 saturated heterocycles. The highest BCUT2D eigenvalue weighted by molar-refractivity contribution is 5.65. The van der Waals surface area contributed by atoms with E-state index in [1.54, 1.807) is 10.7 Å². The van der Waals surface area contributed by atoms with Crippen molar-refractivity contribution in [2.45, 2.75) is 13.8 Å². The molecule has 0 atom stereocenters. The monoisotopic (exact) mass is 309 g/mol. The van der Waals surface area contributed by atoms with Gasteiger partial charge in [0.25, 0.3) is 5.95 Å². The quantitative estimate of drug-likeness (QED) is 0.781. The molecule has 0 spiro atoms. The number of rotatable bonds is 2. The Morgan fingerprint density at radius 1 is 1.00 bits per heavy atom. The second-order valence-electron chi connectivity index (χ2n) is 5.38. The molecule has 1 aliphatic rings. The average molecular weight is 309 g/mol. The highest BCUT2D eigenvalue weighted by Gasteiger charge is 2.16. The molecule has 0 amide bonds. The van der Waals surface area contributed by atoms with Crippen molar-refractivity contribution in [3.8, 4) is 28.7 Å². The van der Waals surface area contributed by atoms with Crippen molar-refractivity contribution >= 4 is 5.82 Å². The lowest BCUT2D eigenvalue weighted by Gasteiger charge is -2.08. The number of anilines is 1. The first-order chi connectivity index (χ1) is 11.1. The standard InChI is InChI=1S/C16H15N5O2/c1-9-5-12(11-3-4-13-14(7-11)23-8-22-13)19-16(18-9)21-15(17)6-10(2)20-21/h3-7H,8,17H2,1-2H3. The van der Waals surface area contributed by atoms with Gasteiger partial charge >= 0.3 is 0 Å². The molecule has 0 bridgehead atoms. The van der Waals surface area contributed by atoms with Crippen molar-refractivity contribution in [1.29, 1.82) is 0 Å². The highest BCUT2D eigenvalue weighted by Crippen LogP contribution is 2.35. The van der Waals surface area contributed by atoms with Crippen LogP contribution in [-0.4, -0.2) is 26.5 Å². The van der Waals surface area contributed by atoms with Crippen LogP contribution >= 0.6 is 0 Å². The van der Waals surface area contributed by atoms with Crippen molar-refractivity contribution in [3.63, 3.8) is 0 Å². The van der Waals surface area contributed by atoms with E-state index in [4.69, 9.17) is 15.2 Å². The predicted octanol–water partition coefficient (Wildman–Crippen LogP) is 2.26. The normalized spacial score (nSPS) is 12.6. The van der Waals surface area contributed by atoms with Gasteiger partial charge in [-0.15, -0.1) is 0 Å². The van der Waals surface area contributed by atoms with E-state index in [-0.39, 0.29) is 6.79 Å². The zero-order valence-electron chi connectivity index (χ0n) is 12.8. The maximum Gasteiger partial charge on any atom is 0.253 e. The molecule has 23 heavy (non-hydrogen) atoms. The zero-order chi connectivity index (χ0) is 16.0. The number of hydrogen-bond acceptors (Lipinski definition) is 6. The number of nitrogens with zero attached hydrogens (tertiary/aromatic N) is 4. The number of fused-ring (bicyclic) bond motifs is 1. The van der Waals surface area contributed by atoms with Gasteiger partial charge in [0, 0.05) is 17.3 Å². The Balaban J connectivity index is 1.82. The number of ether oxygens (including phenoxy) is 2. The summed E-state index contributed by atoms with van der Waals surface area (Å²) in [6.45, 7) is 4.03. The van der Waals surface area contributed by atoms with E-state index in [1.807, 2.05) is 38.1 Å². The van der Waals surface area contributed by atoms with Crippen LogP contribution in [0.5, 0.6) is 11.5 Å². The Morgan fingerprint density at radius 2 is 1.83 bits per heavy atom. The van der Waals surface area contributed by atoms with Crippen LogP contribution < -0.4 is 15.2 Å². The fourth-order valence-corrected chi connectivity index (χ4v) is 2.53. The summed E-state index contributed by atoms with van der Waals surface area (Å²) in [5.41, 5.74) is 9.31. The van der Waals surface area contributed by atoms with Crippen molar-refractivity contribution in [2.75, 3.05) is 12.5 Å². The first-order valence-electron chi connectivity index (χ1n) is 7.18. The molecule has 0 aliphatic carbocycles. The molecule has 2 N–H and O–H groups in total. The van der Waals surface area contributed by atoms with E-state index in [0.717, 1.165) is 34.1 Å². The van der Waals surface area contributed by atoms with Crippen LogP contribution in [0.1, 0.15) is 11.4 Å². The van der Waals surface area contributed by atoms with Gasteiger partial charge in [0.05, 0.1) is 11.4 Å². The summed E-state index contributed by atoms with van der Waals surface area (Å²) in [4.78, 5) is 9.02. The molecule has 116 valence electrons. The summed E-state index contributed by atoms with van der Waals surface area (Å²) in [6, 6.07) is 9.42. The van der Waals surface area contributed by atoms with Gasteiger partial charge in [-0.1, -0.05) is 0 Å². The molecule has 7 nitrogen and oxygen atoms in total. The molecule has 0 saturated carbocycles. The van der Waals surface area contributed by atoms with E-state index in [1.165, 1.54) is 0 Å². The Labute approximate surface area is 132 Å². The first-order valence-corrected chi connectivity index (χ1v) is 7.18. The highest BCUT2D eigenvalue weighted by atomic mass is 16.7. The van der Waals surface area contributed by atoms with E-state index in [9.17, 15) is 0 Å². The molecule has 0 fully saturated rings. The second-order valence-corrected chi connectivity index (χ2v) is 5.38. The second kappa shape index (κ2) is 4.98. The molecule has 2 aromatic heterocycles. The van der Waals surface area contributed by atoms with Gasteiger partial charge in [0.2, 0.25) is 6.79 Å². The van der Waals surface area contributed by atoms with Crippen LogP contribution in [0.15, 0.2) is 30.3 Å². The van der Waals surface area contributed by atoms with Gasteiger partial charge in [0.1, 0.15) is 5.82 Å². The van der Waals surface area contributed by atoms with E-state index >= 15 is 0 Å². The fourth-order valence-electron chi connectivity index (χ4n) is 2.53. The van der Waals surface area contributed by atoms with Crippen LogP contribution in [0.25, 0.3) is 17.2 Å². The minimum Gasteiger partial charge on any atom is -0.454 e. The van der Waals surface area contributed by atoms with Crippen LogP contribution in [0.3, 0.4) is 0 Å². The molecule has 3 heterocycles. The molecule has 1 aromatic carbocycles. The minimum atomic E-state index is 0.246. The van der Waals surface area contributed by atoms with Crippen LogP contribution in [0, 0.1) is 13.8 Å². The molecule has 7 heteroatoms. The average Bonchev–Trinajstić information content (AvgIpc) is 3.11. The largest absolute Gasteiger partial charge is 0.454 e. The number of hydrogen-bond donors (Lipinski definition) is 1. The molecule has 0 unspecified atom stereocenters. The Morgan fingerprint density at radius 3 is 2.61 bits per heavy atom. The third-order valence-electron chi connectivity index (χ3n) is 3.56. The molecule has 3 aromatic rings. The van der Waals surface area contributed by atoms with Gasteiger partial charge in [-0.25, -0.2) is 9.97 Å². The van der Waals surface area contributed by atoms with Gasteiger partial charge in [-0.2, -0.15) is 9.78 Å². The van der Waals surface area contributed by atoms with Gasteiger partial charge in [-0.3, -0.25) is 0 Å². The van der Waals surface area contributed by atoms with Crippen molar-refractivity contribution in [1.82, 2.24) is 19.7 Å². The first kappa shape index (κ1) is 13.6. The Kier molecular flexibility index (Phi) is 2.94. The van der Waals surface area contributed by atoms with Gasteiger partial charge in [-0.05, 0) is 38.1 Å². The van der Waals surface area contributed by atoms with Crippen molar-refractivity contribution in [2.24, 2.45) is 0 Å². The van der Waals surface area contributed by atoms with Gasteiger partial charge < -0.3 is 15.2 Å². The summed E-state index contributed by atoms with van der Waals surface area (Å²) in [7, 11) is 0. The lowest BCUT2D eigenvalue weighted by atomic mass is 10.1. The molecule has 1 aliphatic heterocycles. The Hall–Kier alpha value is -3.09. The maximum absolute atomic E-state index is 5.97. The third kappa shape index (κ3) is 2.36. The smallest absolute Gasteiger partial charge is 0.253 e. The number of aromatic nitrogens is 4. The number of nitrogens with two attached hydrogens (primary N) is 1. The third-order valence-corrected chi connectivity index (χ3v) is 3.56. The van der Waals surface area contributed by atoms with E-state index in [2.05, 4.69) is 15.1 Å². The zero-order valence-corrected chi connectivity index (χ0v) is 12.8. The van der Waals surface area contributed by atoms with E-state index < -0.39 is 0 Å². The fraction of sp³-hybridized carbons (Fsp3) is 0.188. The summed E-state index contributed by atoms with van der Waals surface area (Å²) in [5, 5.41) is 4.34. The summed E-state index contributed by atoms with van der Waals surface area (Å²) in [5.74, 6) is 2.41. The van der Waals surface area contributed by atoms with Gasteiger partial charge in [0.15, 0.2) is 11.5 Å². The minimum absolute atomic E-state index is 0.246. The molecular formula is C16H15N5O2. The lowest BCUT2D eigenvalue weighted by Crippen LogP contribution is -2.08. The van der Waals surface area contributed by atoms with E-state index in [0.29, 0.717) is 11.8 Å². The molecular weight excluding hydrogens is 294 g/mol. The maximum atomic E-state index is 5.97. The van der Waals surface area contributed by atoms with Crippen LogP contribution in [0.4, 0.5) is 5.82 Å². The van der Waals surface area contributed by atoms with Crippen LogP contribution in [0.2, 0.25) is 0 Å². The Bertz CT molecular complexity index is 903.